The predicted molar refractivity (Wildman–Crippen MR) is 211 cm³/mol. The summed E-state index contributed by atoms with van der Waals surface area (Å²) in [5.74, 6) is -1.82. The highest BCUT2D eigenvalue weighted by atomic mass is 16.7. The minimum atomic E-state index is -1.03. The van der Waals surface area contributed by atoms with Gasteiger partial charge in [0.05, 0.1) is 69.0 Å². The third kappa shape index (κ3) is 9.56. The zero-order chi connectivity index (χ0) is 40.4. The van der Waals surface area contributed by atoms with E-state index in [2.05, 4.69) is 52.8 Å². The van der Waals surface area contributed by atoms with E-state index in [9.17, 15) is 9.90 Å². The Balaban J connectivity index is 1.19. The molecule has 0 aromatic rings. The second-order valence-electron chi connectivity index (χ2n) is 17.4. The topological polar surface area (TPSA) is 130 Å². The molecule has 1 spiro atoms. The average Bonchev–Trinajstić information content (AvgIpc) is 3.62. The van der Waals surface area contributed by atoms with Gasteiger partial charge in [-0.1, -0.05) is 70.6 Å². The molecule has 2 bridgehead atoms. The number of carbonyl (C=O) groups excluding carboxylic acids is 1. The van der Waals surface area contributed by atoms with Crippen molar-refractivity contribution < 1.29 is 57.3 Å². The van der Waals surface area contributed by atoms with Gasteiger partial charge in [-0.2, -0.15) is 0 Å². The number of methoxy groups -OCH3 is 1. The molecule has 0 aromatic heterocycles. The number of ether oxygens (including phenoxy) is 10. The first-order chi connectivity index (χ1) is 27.4. The van der Waals surface area contributed by atoms with E-state index in [4.69, 9.17) is 47.4 Å². The van der Waals surface area contributed by atoms with Crippen molar-refractivity contribution in [1.82, 2.24) is 0 Å². The minimum Gasteiger partial charge on any atom is -0.462 e. The van der Waals surface area contributed by atoms with Crippen LogP contribution in [0.25, 0.3) is 0 Å². The van der Waals surface area contributed by atoms with E-state index in [1.54, 1.807) is 7.11 Å². The maximum atomic E-state index is 14.3. The lowest BCUT2D eigenvalue weighted by Crippen LogP contribution is -2.53. The van der Waals surface area contributed by atoms with E-state index < -0.39 is 42.6 Å². The molecule has 7 rings (SSSR count). The van der Waals surface area contributed by atoms with E-state index in [1.807, 2.05) is 38.2 Å². The molecule has 0 aromatic carbocycles. The van der Waals surface area contributed by atoms with Crippen LogP contribution in [0.15, 0.2) is 59.3 Å². The summed E-state index contributed by atoms with van der Waals surface area (Å²) in [7, 11) is 1.69. The van der Waals surface area contributed by atoms with E-state index in [0.29, 0.717) is 63.6 Å². The van der Waals surface area contributed by atoms with Crippen LogP contribution < -0.4 is 0 Å². The smallest absolute Gasteiger partial charge is 0.313 e. The van der Waals surface area contributed by atoms with Crippen molar-refractivity contribution in [2.45, 2.75) is 154 Å². The zero-order valence-corrected chi connectivity index (χ0v) is 35.1. The first-order valence-corrected chi connectivity index (χ1v) is 21.3. The standard InChI is InChI=1S/C45H66O12/c1-9-25(2)41-28(5)15-16-45(57-41)22-33-20-32(56-45)14-13-27(4)40(54-36-21-35(48-8)42(30(7)52-36)55-37-24-49-17-18-50-37)26(3)11-10-12-31-23-51-43-38(31)34(44(47)53-33)19-29(6)39(43)46/h10-13,15-16,19,25-26,28,30,32-43,46H,9,14,17-18,20-24H2,1-8H3/b11-10+,27-13+,31-12+/t25?,26-,28-,30?,32?,33?,34+,35?,36-,37?,38?,39?,40-,41?,42-,43?,45?/m0/s1. The van der Waals surface area contributed by atoms with Gasteiger partial charge < -0.3 is 52.5 Å². The summed E-state index contributed by atoms with van der Waals surface area (Å²) >= 11 is 0. The Hall–Kier alpha value is -2.23. The molecule has 7 aliphatic rings. The Bertz CT molecular complexity index is 1550. The summed E-state index contributed by atoms with van der Waals surface area (Å²) in [6.45, 7) is 16.4. The molecule has 0 amide bonds. The molecule has 4 fully saturated rings. The van der Waals surface area contributed by atoms with Crippen LogP contribution >= 0.6 is 0 Å². The fourth-order valence-corrected chi connectivity index (χ4v) is 9.76. The fourth-order valence-electron chi connectivity index (χ4n) is 9.76. The van der Waals surface area contributed by atoms with Crippen molar-refractivity contribution in [3.05, 3.63) is 59.3 Å². The summed E-state index contributed by atoms with van der Waals surface area (Å²) in [5, 5.41) is 11.2. The van der Waals surface area contributed by atoms with Crippen LogP contribution in [0.1, 0.15) is 80.6 Å². The Morgan fingerprint density at radius 1 is 0.982 bits per heavy atom. The lowest BCUT2D eigenvalue weighted by Gasteiger charge is -2.48. The van der Waals surface area contributed by atoms with Crippen molar-refractivity contribution in [2.75, 3.05) is 33.5 Å². The maximum absolute atomic E-state index is 14.3. The van der Waals surface area contributed by atoms with Gasteiger partial charge in [0.25, 0.3) is 0 Å². The number of esters is 1. The second kappa shape index (κ2) is 18.6. The molecule has 11 unspecified atom stereocenters. The normalized spacial score (nSPS) is 47.1. The largest absolute Gasteiger partial charge is 0.462 e. The molecule has 12 nitrogen and oxygen atoms in total. The molecule has 4 saturated heterocycles. The monoisotopic (exact) mass is 798 g/mol. The van der Waals surface area contributed by atoms with E-state index in [1.165, 1.54) is 0 Å². The summed E-state index contributed by atoms with van der Waals surface area (Å²) in [5.41, 5.74) is 2.70. The maximum Gasteiger partial charge on any atom is 0.313 e. The summed E-state index contributed by atoms with van der Waals surface area (Å²) in [6.07, 6.45) is 12.9. The molecular weight excluding hydrogens is 732 g/mol. The molecule has 1 aliphatic carbocycles. The lowest BCUT2D eigenvalue weighted by molar-refractivity contribution is -0.309. The number of carbonyl (C=O) groups is 1. The van der Waals surface area contributed by atoms with E-state index in [0.717, 1.165) is 17.6 Å². The molecule has 6 heterocycles. The molecule has 17 atom stereocenters. The van der Waals surface area contributed by atoms with Gasteiger partial charge in [0.15, 0.2) is 18.4 Å². The predicted octanol–water partition coefficient (Wildman–Crippen LogP) is 6.12. The first kappa shape index (κ1) is 42.9. The van der Waals surface area contributed by atoms with Crippen molar-refractivity contribution in [3.8, 4) is 0 Å². The molecule has 318 valence electrons. The van der Waals surface area contributed by atoms with Crippen LogP contribution in [-0.4, -0.2) is 118 Å². The van der Waals surface area contributed by atoms with Crippen molar-refractivity contribution >= 4 is 5.97 Å². The van der Waals surface area contributed by atoms with Gasteiger partial charge in [0.1, 0.15) is 18.3 Å². The summed E-state index contributed by atoms with van der Waals surface area (Å²) in [6, 6.07) is 0. The third-order valence-corrected chi connectivity index (χ3v) is 13.2. The highest BCUT2D eigenvalue weighted by molar-refractivity contribution is 5.76. The van der Waals surface area contributed by atoms with Crippen LogP contribution in [0, 0.1) is 29.6 Å². The van der Waals surface area contributed by atoms with Crippen LogP contribution in [0.3, 0.4) is 0 Å². The molecule has 0 radical (unpaired) electrons. The molecule has 6 aliphatic heterocycles. The Morgan fingerprint density at radius 2 is 1.81 bits per heavy atom. The number of aliphatic hydroxyl groups excluding tert-OH is 1. The number of rotatable bonds is 7. The van der Waals surface area contributed by atoms with Gasteiger partial charge in [-0.25, -0.2) is 0 Å². The third-order valence-electron chi connectivity index (χ3n) is 13.2. The van der Waals surface area contributed by atoms with Gasteiger partial charge in [-0.3, -0.25) is 4.79 Å². The molecule has 57 heavy (non-hydrogen) atoms. The highest BCUT2D eigenvalue weighted by Crippen LogP contribution is 2.45. The zero-order valence-electron chi connectivity index (χ0n) is 35.1. The molecule has 0 saturated carbocycles. The minimum absolute atomic E-state index is 0.0347. The quantitative estimate of drug-likeness (QED) is 0.235. The number of aliphatic hydroxyl groups is 1. The van der Waals surface area contributed by atoms with Gasteiger partial charge in [-0.15, -0.1) is 0 Å². The van der Waals surface area contributed by atoms with Gasteiger partial charge in [0, 0.05) is 44.1 Å². The Kier molecular flexibility index (Phi) is 14.0. The number of fused-ring (bicyclic) bond motifs is 2. The number of allylic oxidation sites excluding steroid dienone is 2. The number of hydrogen-bond acceptors (Lipinski definition) is 12. The SMILES string of the molecule is CCC(C)C1OC2(C=C[C@@H]1C)CC1CC(C/C=C(\C)[C@@H](O[C@H]3CC(OC)[C@@H](OC4COCCO4)C(C)O3)[C@@H](C)/C=C/C=C3\COC4C(O)C(C)=C[C@@H](C(=O)O1)C34)O2. The first-order valence-electron chi connectivity index (χ1n) is 21.3. The lowest BCUT2D eigenvalue weighted by atomic mass is 9.75. The van der Waals surface area contributed by atoms with E-state index in [-0.39, 0.29) is 60.3 Å². The van der Waals surface area contributed by atoms with Crippen LogP contribution in [0.4, 0.5) is 0 Å². The van der Waals surface area contributed by atoms with Crippen molar-refractivity contribution in [1.29, 1.82) is 0 Å². The fraction of sp³-hybridized carbons (Fsp3) is 0.756. The van der Waals surface area contributed by atoms with Gasteiger partial charge in [-0.05, 0) is 55.9 Å². The van der Waals surface area contributed by atoms with Crippen LogP contribution in [-0.2, 0) is 52.2 Å². The average molecular weight is 799 g/mol. The van der Waals surface area contributed by atoms with Gasteiger partial charge >= 0.3 is 5.97 Å². The van der Waals surface area contributed by atoms with E-state index >= 15 is 0 Å². The second-order valence-corrected chi connectivity index (χ2v) is 17.4. The highest BCUT2D eigenvalue weighted by Gasteiger charge is 2.51. The van der Waals surface area contributed by atoms with Crippen molar-refractivity contribution in [2.24, 2.45) is 29.6 Å². The van der Waals surface area contributed by atoms with Crippen LogP contribution in [0.2, 0.25) is 0 Å². The van der Waals surface area contributed by atoms with Crippen LogP contribution in [0.5, 0.6) is 0 Å². The molecule has 12 heteroatoms. The Labute approximate surface area is 338 Å². The summed E-state index contributed by atoms with van der Waals surface area (Å²) in [4.78, 5) is 14.3. The number of hydrogen-bond donors (Lipinski definition) is 1. The Morgan fingerprint density at radius 3 is 2.56 bits per heavy atom. The summed E-state index contributed by atoms with van der Waals surface area (Å²) < 4.78 is 63.5. The van der Waals surface area contributed by atoms with Gasteiger partial charge in [0.2, 0.25) is 0 Å². The molecular formula is C45H66O12. The molecule has 1 N–H and O–H groups in total. The van der Waals surface area contributed by atoms with Crippen molar-refractivity contribution in [3.63, 3.8) is 0 Å².